The lowest BCUT2D eigenvalue weighted by molar-refractivity contribution is 0.623. The SMILES string of the molecule is CC[C@H](C)C[SiH2]C. The van der Waals surface area contributed by atoms with E-state index in [1.807, 2.05) is 0 Å². The van der Waals surface area contributed by atoms with E-state index < -0.39 is 0 Å². The standard InChI is InChI=1S/C6H16Si/c1-4-6(2)5-7-3/h6H,4-5,7H2,1-3H3/t6-/m0/s1. The summed E-state index contributed by atoms with van der Waals surface area (Å²) in [5, 5.41) is 0. The summed E-state index contributed by atoms with van der Waals surface area (Å²) >= 11 is 0. The third-order valence-corrected chi connectivity index (χ3v) is 3.04. The van der Waals surface area contributed by atoms with Crippen molar-refractivity contribution in [3.05, 3.63) is 0 Å². The average Bonchev–Trinajstić information content (AvgIpc) is 1.68. The van der Waals surface area contributed by atoms with Gasteiger partial charge >= 0.3 is 0 Å². The van der Waals surface area contributed by atoms with Crippen LogP contribution in [0, 0.1) is 5.92 Å². The van der Waals surface area contributed by atoms with Crippen LogP contribution >= 0.6 is 0 Å². The van der Waals surface area contributed by atoms with Crippen molar-refractivity contribution in [1.82, 2.24) is 0 Å². The molecule has 1 atom stereocenters. The highest BCUT2D eigenvalue weighted by Crippen LogP contribution is 2.04. The van der Waals surface area contributed by atoms with Gasteiger partial charge in [-0.2, -0.15) is 0 Å². The van der Waals surface area contributed by atoms with Crippen molar-refractivity contribution in [1.29, 1.82) is 0 Å². The lowest BCUT2D eigenvalue weighted by Crippen LogP contribution is -1.93. The van der Waals surface area contributed by atoms with E-state index in [0.717, 1.165) is 5.92 Å². The van der Waals surface area contributed by atoms with Gasteiger partial charge in [-0.05, 0) is 5.92 Å². The zero-order valence-corrected chi connectivity index (χ0v) is 7.11. The van der Waals surface area contributed by atoms with Gasteiger partial charge in [0, 0.05) is 9.52 Å². The van der Waals surface area contributed by atoms with Gasteiger partial charge in [0.1, 0.15) is 0 Å². The molecule has 0 radical (unpaired) electrons. The highest BCUT2D eigenvalue weighted by atomic mass is 28.2. The van der Waals surface area contributed by atoms with Gasteiger partial charge in [0.05, 0.1) is 0 Å². The molecule has 0 unspecified atom stereocenters. The summed E-state index contributed by atoms with van der Waals surface area (Å²) in [6.07, 6.45) is 1.38. The Labute approximate surface area is 49.1 Å². The Bertz CT molecular complexity index is 35.2. The van der Waals surface area contributed by atoms with E-state index in [2.05, 4.69) is 20.4 Å². The van der Waals surface area contributed by atoms with Crippen molar-refractivity contribution in [3.8, 4) is 0 Å². The predicted molar refractivity (Wildman–Crippen MR) is 38.7 cm³/mol. The van der Waals surface area contributed by atoms with Crippen LogP contribution < -0.4 is 0 Å². The summed E-state index contributed by atoms with van der Waals surface area (Å²) in [5.74, 6) is 1.01. The molecule has 0 fully saturated rings. The van der Waals surface area contributed by atoms with Gasteiger partial charge in [0.15, 0.2) is 0 Å². The summed E-state index contributed by atoms with van der Waals surface area (Å²) in [6.45, 7) is 7.00. The second kappa shape index (κ2) is 4.38. The van der Waals surface area contributed by atoms with Gasteiger partial charge in [-0.1, -0.05) is 32.9 Å². The van der Waals surface area contributed by atoms with E-state index in [0.29, 0.717) is 9.52 Å². The molecule has 0 aromatic heterocycles. The highest BCUT2D eigenvalue weighted by Gasteiger charge is 1.93. The van der Waals surface area contributed by atoms with Crippen LogP contribution in [0.15, 0.2) is 0 Å². The molecule has 0 rings (SSSR count). The normalized spacial score (nSPS) is 15.9. The maximum absolute atomic E-state index is 2.38. The third-order valence-electron chi connectivity index (χ3n) is 1.48. The first-order valence-electron chi connectivity index (χ1n) is 3.31. The van der Waals surface area contributed by atoms with Gasteiger partial charge in [0.2, 0.25) is 0 Å². The smallest absolute Gasteiger partial charge is 0.0169 e. The molecule has 0 amide bonds. The van der Waals surface area contributed by atoms with Gasteiger partial charge in [-0.25, -0.2) is 0 Å². The molecule has 0 heterocycles. The van der Waals surface area contributed by atoms with E-state index in [9.17, 15) is 0 Å². The Hall–Kier alpha value is 0.217. The van der Waals surface area contributed by atoms with Crippen LogP contribution in [0.4, 0.5) is 0 Å². The molecular formula is C6H16Si. The Morgan fingerprint density at radius 1 is 1.57 bits per heavy atom. The van der Waals surface area contributed by atoms with Crippen molar-refractivity contribution >= 4 is 9.52 Å². The molecule has 0 spiro atoms. The van der Waals surface area contributed by atoms with E-state index in [-0.39, 0.29) is 0 Å². The molecule has 0 nitrogen and oxygen atoms in total. The Morgan fingerprint density at radius 2 is 2.14 bits per heavy atom. The van der Waals surface area contributed by atoms with Crippen molar-refractivity contribution in [2.45, 2.75) is 32.9 Å². The summed E-state index contributed by atoms with van der Waals surface area (Å²) < 4.78 is 0. The minimum Gasteiger partial charge on any atom is -0.0748 e. The molecule has 1 heteroatoms. The molecule has 0 aromatic rings. The fraction of sp³-hybridized carbons (Fsp3) is 1.00. The van der Waals surface area contributed by atoms with Crippen molar-refractivity contribution in [2.75, 3.05) is 0 Å². The van der Waals surface area contributed by atoms with Crippen LogP contribution in [-0.4, -0.2) is 9.52 Å². The van der Waals surface area contributed by atoms with E-state index >= 15 is 0 Å². The molecule has 0 aromatic carbocycles. The number of hydrogen-bond donors (Lipinski definition) is 0. The van der Waals surface area contributed by atoms with E-state index in [1.165, 1.54) is 12.5 Å². The Balaban J connectivity index is 2.83. The first-order chi connectivity index (χ1) is 3.31. The molecule has 0 bridgehead atoms. The van der Waals surface area contributed by atoms with E-state index in [1.54, 1.807) is 0 Å². The first-order valence-corrected chi connectivity index (χ1v) is 5.72. The molecule has 0 N–H and O–H groups in total. The fourth-order valence-corrected chi connectivity index (χ4v) is 2.09. The highest BCUT2D eigenvalue weighted by molar-refractivity contribution is 6.33. The second-order valence-electron chi connectivity index (χ2n) is 2.30. The first kappa shape index (κ1) is 7.22. The van der Waals surface area contributed by atoms with Gasteiger partial charge in [-0.3, -0.25) is 0 Å². The summed E-state index contributed by atoms with van der Waals surface area (Å²) in [4.78, 5) is 0. The summed E-state index contributed by atoms with van der Waals surface area (Å²) in [6, 6.07) is 1.54. The number of hydrogen-bond acceptors (Lipinski definition) is 0. The van der Waals surface area contributed by atoms with Crippen molar-refractivity contribution in [2.24, 2.45) is 5.92 Å². The average molecular weight is 116 g/mol. The topological polar surface area (TPSA) is 0 Å². The maximum atomic E-state index is 2.38. The van der Waals surface area contributed by atoms with Gasteiger partial charge in [0.25, 0.3) is 0 Å². The Kier molecular flexibility index (Phi) is 4.51. The summed E-state index contributed by atoms with van der Waals surface area (Å²) in [7, 11) is 0.356. The maximum Gasteiger partial charge on any atom is 0.0169 e. The largest absolute Gasteiger partial charge is 0.0748 e. The van der Waals surface area contributed by atoms with Gasteiger partial charge in [-0.15, -0.1) is 0 Å². The van der Waals surface area contributed by atoms with Crippen LogP contribution in [0.1, 0.15) is 20.3 Å². The van der Waals surface area contributed by atoms with Crippen LogP contribution in [0.3, 0.4) is 0 Å². The van der Waals surface area contributed by atoms with Gasteiger partial charge < -0.3 is 0 Å². The molecule has 0 aliphatic rings. The van der Waals surface area contributed by atoms with Crippen LogP contribution in [0.5, 0.6) is 0 Å². The Morgan fingerprint density at radius 3 is 2.29 bits per heavy atom. The number of rotatable bonds is 3. The molecular weight excluding hydrogens is 100 g/mol. The molecule has 44 valence electrons. The zero-order valence-electron chi connectivity index (χ0n) is 5.70. The quantitative estimate of drug-likeness (QED) is 0.492. The molecule has 0 aliphatic carbocycles. The zero-order chi connectivity index (χ0) is 5.70. The molecule has 0 saturated heterocycles. The predicted octanol–water partition coefficient (Wildman–Crippen LogP) is 1.67. The van der Waals surface area contributed by atoms with Crippen LogP contribution in [0.25, 0.3) is 0 Å². The van der Waals surface area contributed by atoms with Crippen molar-refractivity contribution < 1.29 is 0 Å². The van der Waals surface area contributed by atoms with Crippen LogP contribution in [0.2, 0.25) is 12.6 Å². The van der Waals surface area contributed by atoms with E-state index in [4.69, 9.17) is 0 Å². The fourth-order valence-electron chi connectivity index (χ4n) is 0.697. The lowest BCUT2D eigenvalue weighted by Gasteiger charge is -2.02. The minimum absolute atomic E-state index is 0.356. The van der Waals surface area contributed by atoms with Crippen molar-refractivity contribution in [3.63, 3.8) is 0 Å². The summed E-state index contributed by atoms with van der Waals surface area (Å²) in [5.41, 5.74) is 0. The monoisotopic (exact) mass is 116 g/mol. The lowest BCUT2D eigenvalue weighted by atomic mass is 10.2. The third kappa shape index (κ3) is 4.06. The second-order valence-corrected chi connectivity index (χ2v) is 3.88. The minimum atomic E-state index is 0.356. The molecule has 0 aliphatic heterocycles. The molecule has 7 heavy (non-hydrogen) atoms. The molecule has 0 saturated carbocycles. The van der Waals surface area contributed by atoms with Crippen LogP contribution in [-0.2, 0) is 0 Å².